The second kappa shape index (κ2) is 12.0. The summed E-state index contributed by atoms with van der Waals surface area (Å²) in [5.74, 6) is 0.387. The van der Waals surface area contributed by atoms with Crippen LogP contribution in [-0.2, 0) is 16.1 Å². The molecule has 9 nitrogen and oxygen atoms in total. The number of nitrogens with one attached hydrogen (secondary N) is 3. The Labute approximate surface area is 229 Å². The average molecular weight is 539 g/mol. The van der Waals surface area contributed by atoms with Crippen molar-refractivity contribution in [3.63, 3.8) is 0 Å². The standard InChI is InChI=1S/C29H39FN6O3/c1-35(2)29(38)25-10-8-20(16-36(25)17-22-23(30)5-4-6-26(22)39-3)32-28(37)19-7-9-24-21(15-19)27(34-33-24)18-11-13-31-14-12-18/h4-6,11-14,19-21,24-25,27,33-34H,7-10,15-17H2,1-3H3,(H,32,37)/t19?,20-,21?,24?,25+,27?/m1/s1. The largest absolute Gasteiger partial charge is 0.496 e. The number of hydrogen-bond acceptors (Lipinski definition) is 7. The third kappa shape index (κ3) is 5.92. The van der Waals surface area contributed by atoms with Crippen LogP contribution in [-0.4, -0.2) is 72.5 Å². The zero-order valence-corrected chi connectivity index (χ0v) is 22.9. The van der Waals surface area contributed by atoms with Gasteiger partial charge in [0, 0.05) is 63.1 Å². The van der Waals surface area contributed by atoms with Crippen molar-refractivity contribution in [3.05, 3.63) is 59.7 Å². The van der Waals surface area contributed by atoms with Gasteiger partial charge in [-0.25, -0.2) is 9.82 Å². The van der Waals surface area contributed by atoms with Gasteiger partial charge in [0.1, 0.15) is 11.6 Å². The van der Waals surface area contributed by atoms with Gasteiger partial charge in [0.05, 0.1) is 19.2 Å². The molecule has 2 amide bonds. The number of hydrogen-bond donors (Lipinski definition) is 3. The van der Waals surface area contributed by atoms with Gasteiger partial charge < -0.3 is 15.0 Å². The summed E-state index contributed by atoms with van der Waals surface area (Å²) in [4.78, 5) is 34.2. The number of ether oxygens (including phenoxy) is 1. The zero-order valence-electron chi connectivity index (χ0n) is 22.9. The van der Waals surface area contributed by atoms with Crippen molar-refractivity contribution >= 4 is 11.8 Å². The van der Waals surface area contributed by atoms with Gasteiger partial charge in [0.15, 0.2) is 0 Å². The van der Waals surface area contributed by atoms with Gasteiger partial charge in [-0.1, -0.05) is 6.07 Å². The van der Waals surface area contributed by atoms with E-state index in [1.807, 2.05) is 17.0 Å². The topological polar surface area (TPSA) is 98.8 Å². The minimum absolute atomic E-state index is 0.0169. The maximum atomic E-state index is 14.8. The highest BCUT2D eigenvalue weighted by atomic mass is 19.1. The van der Waals surface area contributed by atoms with Crippen LogP contribution < -0.4 is 20.9 Å². The lowest BCUT2D eigenvalue weighted by Crippen LogP contribution is -2.56. The fourth-order valence-corrected chi connectivity index (χ4v) is 6.52. The molecule has 0 bridgehead atoms. The van der Waals surface area contributed by atoms with Gasteiger partial charge in [0.2, 0.25) is 11.8 Å². The highest BCUT2D eigenvalue weighted by Crippen LogP contribution is 2.40. The first-order valence-corrected chi connectivity index (χ1v) is 13.8. The Bertz CT molecular complexity index is 1160. The predicted molar refractivity (Wildman–Crippen MR) is 145 cm³/mol. The Hall–Kier alpha value is -3.08. The Balaban J connectivity index is 1.26. The van der Waals surface area contributed by atoms with Crippen molar-refractivity contribution < 1.29 is 18.7 Å². The van der Waals surface area contributed by atoms with Gasteiger partial charge in [-0.05, 0) is 67.9 Å². The number of aromatic nitrogens is 1. The number of likely N-dealkylation sites (tertiary alicyclic amines) is 1. The molecule has 3 N–H and O–H groups in total. The summed E-state index contributed by atoms with van der Waals surface area (Å²) in [6.07, 6.45) is 7.45. The first-order chi connectivity index (χ1) is 18.9. The Morgan fingerprint density at radius 2 is 1.92 bits per heavy atom. The first-order valence-electron chi connectivity index (χ1n) is 13.8. The highest BCUT2D eigenvalue weighted by Gasteiger charge is 2.43. The van der Waals surface area contributed by atoms with E-state index in [0.717, 1.165) is 19.3 Å². The molecule has 39 heavy (non-hydrogen) atoms. The molecule has 0 spiro atoms. The summed E-state index contributed by atoms with van der Waals surface area (Å²) in [6.45, 7) is 0.694. The second-order valence-electron chi connectivity index (χ2n) is 11.2. The van der Waals surface area contributed by atoms with E-state index in [1.165, 1.54) is 18.7 Å². The first kappa shape index (κ1) is 27.5. The summed E-state index contributed by atoms with van der Waals surface area (Å²) < 4.78 is 20.2. The fourth-order valence-electron chi connectivity index (χ4n) is 6.52. The second-order valence-corrected chi connectivity index (χ2v) is 11.2. The van der Waals surface area contributed by atoms with Crippen LogP contribution in [0.1, 0.15) is 49.3 Å². The summed E-state index contributed by atoms with van der Waals surface area (Å²) in [5, 5.41) is 3.29. The third-order valence-electron chi connectivity index (χ3n) is 8.60. The molecule has 2 aliphatic heterocycles. The van der Waals surface area contributed by atoms with E-state index in [2.05, 4.69) is 21.2 Å². The number of amides is 2. The van der Waals surface area contributed by atoms with E-state index in [-0.39, 0.29) is 48.2 Å². The van der Waals surface area contributed by atoms with E-state index >= 15 is 0 Å². The van der Waals surface area contributed by atoms with Crippen LogP contribution in [0.25, 0.3) is 0 Å². The number of carbonyl (C=O) groups excluding carboxylic acids is 2. The van der Waals surface area contributed by atoms with E-state index in [4.69, 9.17) is 4.74 Å². The number of piperidine rings is 1. The number of hydrazine groups is 1. The van der Waals surface area contributed by atoms with Gasteiger partial charge in [-0.3, -0.25) is 24.9 Å². The molecule has 1 aliphatic carbocycles. The van der Waals surface area contributed by atoms with E-state index in [9.17, 15) is 14.0 Å². The molecule has 3 aliphatic rings. The van der Waals surface area contributed by atoms with Crippen molar-refractivity contribution in [1.82, 2.24) is 31.0 Å². The SMILES string of the molecule is COc1cccc(F)c1CN1C[C@H](NC(=O)C2CCC3NNC(c4ccncc4)C3C2)CC[C@H]1C(=O)N(C)C. The number of carbonyl (C=O) groups is 2. The number of benzene rings is 1. The van der Waals surface area contributed by atoms with Gasteiger partial charge >= 0.3 is 0 Å². The molecule has 210 valence electrons. The molecule has 1 aromatic heterocycles. The Kier molecular flexibility index (Phi) is 8.44. The van der Waals surface area contributed by atoms with Gasteiger partial charge in [-0.2, -0.15) is 0 Å². The number of rotatable bonds is 7. The monoisotopic (exact) mass is 538 g/mol. The smallest absolute Gasteiger partial charge is 0.239 e. The molecule has 6 atom stereocenters. The highest BCUT2D eigenvalue weighted by molar-refractivity contribution is 5.82. The van der Waals surface area contributed by atoms with Crippen LogP contribution in [0.15, 0.2) is 42.7 Å². The van der Waals surface area contributed by atoms with Gasteiger partial charge in [0.25, 0.3) is 0 Å². The van der Waals surface area contributed by atoms with Crippen molar-refractivity contribution in [2.45, 2.75) is 62.8 Å². The molecule has 1 aromatic carbocycles. The summed E-state index contributed by atoms with van der Waals surface area (Å²) >= 11 is 0. The summed E-state index contributed by atoms with van der Waals surface area (Å²) in [7, 11) is 4.99. The van der Waals surface area contributed by atoms with Crippen LogP contribution in [0.4, 0.5) is 4.39 Å². The summed E-state index contributed by atoms with van der Waals surface area (Å²) in [5.41, 5.74) is 8.46. The molecule has 3 fully saturated rings. The number of halogens is 1. The number of nitrogens with zero attached hydrogens (tertiary/aromatic N) is 3. The zero-order chi connectivity index (χ0) is 27.5. The van der Waals surface area contributed by atoms with Crippen molar-refractivity contribution in [2.75, 3.05) is 27.7 Å². The molecule has 2 aromatic rings. The normalized spacial score (nSPS) is 28.9. The minimum atomic E-state index is -0.385. The van der Waals surface area contributed by atoms with Crippen LogP contribution in [0, 0.1) is 17.7 Å². The third-order valence-corrected chi connectivity index (χ3v) is 8.60. The van der Waals surface area contributed by atoms with Crippen LogP contribution in [0.5, 0.6) is 5.75 Å². The predicted octanol–water partition coefficient (Wildman–Crippen LogP) is 2.40. The maximum Gasteiger partial charge on any atom is 0.239 e. The minimum Gasteiger partial charge on any atom is -0.496 e. The number of methoxy groups -OCH3 is 1. The molecular weight excluding hydrogens is 499 g/mol. The number of pyridine rings is 1. The molecule has 0 radical (unpaired) electrons. The van der Waals surface area contributed by atoms with E-state index < -0.39 is 0 Å². The maximum absolute atomic E-state index is 14.8. The lowest BCUT2D eigenvalue weighted by atomic mass is 9.74. The molecule has 1 saturated carbocycles. The molecule has 3 heterocycles. The van der Waals surface area contributed by atoms with Crippen molar-refractivity contribution in [1.29, 1.82) is 0 Å². The summed E-state index contributed by atoms with van der Waals surface area (Å²) in [6, 6.07) is 8.79. The lowest BCUT2D eigenvalue weighted by Gasteiger charge is -2.41. The van der Waals surface area contributed by atoms with E-state index in [0.29, 0.717) is 42.7 Å². The Morgan fingerprint density at radius 1 is 1.13 bits per heavy atom. The van der Waals surface area contributed by atoms with Crippen molar-refractivity contribution in [2.24, 2.45) is 11.8 Å². The lowest BCUT2D eigenvalue weighted by molar-refractivity contribution is -0.136. The molecule has 2 saturated heterocycles. The average Bonchev–Trinajstić information content (AvgIpc) is 3.37. The van der Waals surface area contributed by atoms with E-state index in [1.54, 1.807) is 43.5 Å². The van der Waals surface area contributed by atoms with Crippen LogP contribution >= 0.6 is 0 Å². The molecule has 5 rings (SSSR count). The van der Waals surface area contributed by atoms with Crippen LogP contribution in [0.3, 0.4) is 0 Å². The fraction of sp³-hybridized carbons (Fsp3) is 0.552. The number of fused-ring (bicyclic) bond motifs is 1. The quantitative estimate of drug-likeness (QED) is 0.498. The van der Waals surface area contributed by atoms with Gasteiger partial charge in [-0.15, -0.1) is 0 Å². The Morgan fingerprint density at radius 3 is 2.67 bits per heavy atom. The molecular formula is C29H39FN6O3. The molecule has 4 unspecified atom stereocenters. The number of likely N-dealkylation sites (N-methyl/N-ethyl adjacent to an activating group) is 1. The molecule has 10 heteroatoms. The van der Waals surface area contributed by atoms with Crippen LogP contribution in [0.2, 0.25) is 0 Å². The van der Waals surface area contributed by atoms with Crippen molar-refractivity contribution in [3.8, 4) is 5.75 Å².